The van der Waals surface area contributed by atoms with Gasteiger partial charge in [0.05, 0.1) is 17.1 Å². The summed E-state index contributed by atoms with van der Waals surface area (Å²) in [6.07, 6.45) is 4.94. The molecule has 3 rings (SSSR count). The first-order valence-corrected chi connectivity index (χ1v) is 12.7. The second kappa shape index (κ2) is 11.3. The van der Waals surface area contributed by atoms with Crippen LogP contribution < -0.4 is 9.62 Å². The maximum atomic E-state index is 13.3. The monoisotopic (exact) mass is 489 g/mol. The molecular weight excluding hydrogens is 462 g/mol. The van der Waals surface area contributed by atoms with Crippen LogP contribution in [-0.2, 0) is 14.8 Å². The molecule has 2 amide bonds. The van der Waals surface area contributed by atoms with Crippen molar-refractivity contribution in [1.82, 2.24) is 10.2 Å². The van der Waals surface area contributed by atoms with Crippen molar-refractivity contribution >= 4 is 39.1 Å². The Bertz CT molecular complexity index is 1100. The Hall–Kier alpha value is -2.84. The van der Waals surface area contributed by atoms with Crippen LogP contribution in [0.1, 0.15) is 36.0 Å². The highest BCUT2D eigenvalue weighted by Gasteiger charge is 2.25. The largest absolute Gasteiger partial charge is 0.350 e. The number of rotatable bonds is 9. The van der Waals surface area contributed by atoms with E-state index in [-0.39, 0.29) is 22.9 Å². The first kappa shape index (κ1) is 24.8. The van der Waals surface area contributed by atoms with E-state index in [1.165, 1.54) is 28.6 Å². The lowest BCUT2D eigenvalue weighted by atomic mass is 10.2. The maximum absolute atomic E-state index is 13.3. The van der Waals surface area contributed by atoms with Crippen LogP contribution in [0.3, 0.4) is 0 Å². The van der Waals surface area contributed by atoms with Gasteiger partial charge in [0.25, 0.3) is 15.9 Å². The molecule has 0 spiro atoms. The molecule has 1 saturated heterocycles. The molecule has 1 N–H and O–H groups in total. The number of amides is 2. The number of hydrogen-bond acceptors (Lipinski definition) is 4. The molecule has 1 aliphatic rings. The van der Waals surface area contributed by atoms with E-state index in [0.29, 0.717) is 36.8 Å². The van der Waals surface area contributed by atoms with E-state index < -0.39 is 15.9 Å². The summed E-state index contributed by atoms with van der Waals surface area (Å²) in [4.78, 5) is 26.5. The van der Waals surface area contributed by atoms with Gasteiger partial charge in [-0.3, -0.25) is 13.9 Å². The average Bonchev–Trinajstić information content (AvgIpc) is 3.02. The number of benzene rings is 2. The zero-order valence-electron chi connectivity index (χ0n) is 18.4. The van der Waals surface area contributed by atoms with Crippen LogP contribution in [0.2, 0.25) is 5.02 Å². The highest BCUT2D eigenvalue weighted by atomic mass is 35.5. The van der Waals surface area contributed by atoms with Gasteiger partial charge in [0.2, 0.25) is 5.91 Å². The number of sulfonamides is 1. The number of carbonyl (C=O) groups is 2. The average molecular weight is 490 g/mol. The zero-order chi connectivity index (χ0) is 23.8. The lowest BCUT2D eigenvalue weighted by molar-refractivity contribution is -0.130. The summed E-state index contributed by atoms with van der Waals surface area (Å²) in [5.41, 5.74) is 0.671. The summed E-state index contributed by atoms with van der Waals surface area (Å²) >= 11 is 5.93. The molecule has 0 atom stereocenters. The molecule has 0 saturated carbocycles. The smallest absolute Gasteiger partial charge is 0.264 e. The molecule has 2 aromatic carbocycles. The molecular formula is C24H28ClN3O4S. The predicted octanol–water partition coefficient (Wildman–Crippen LogP) is 3.85. The van der Waals surface area contributed by atoms with Gasteiger partial charge in [-0.25, -0.2) is 8.42 Å². The standard InChI is InChI=1S/C24H28ClN3O4S/c1-2-15-28(21-12-10-20(25)11-13-21)33(31,32)22-8-6-7-19(18-22)24(30)26-14-17-27-16-5-3-4-9-23(27)29/h2,6-8,10-13,18H,1,3-5,9,14-17H2,(H,26,30). The molecule has 0 unspecified atom stereocenters. The molecule has 9 heteroatoms. The van der Waals surface area contributed by atoms with Crippen molar-refractivity contribution in [3.05, 3.63) is 71.8 Å². The van der Waals surface area contributed by atoms with Gasteiger partial charge in [-0.2, -0.15) is 0 Å². The predicted molar refractivity (Wildman–Crippen MR) is 130 cm³/mol. The van der Waals surface area contributed by atoms with Crippen molar-refractivity contribution in [2.75, 3.05) is 30.5 Å². The maximum Gasteiger partial charge on any atom is 0.264 e. The third-order valence-corrected chi connectivity index (χ3v) is 7.47. The van der Waals surface area contributed by atoms with E-state index >= 15 is 0 Å². The van der Waals surface area contributed by atoms with Crippen LogP contribution in [0.4, 0.5) is 5.69 Å². The Morgan fingerprint density at radius 3 is 2.64 bits per heavy atom. The Kier molecular flexibility index (Phi) is 8.52. The van der Waals surface area contributed by atoms with Gasteiger partial charge in [-0.05, 0) is 55.3 Å². The molecule has 0 radical (unpaired) electrons. The second-order valence-corrected chi connectivity index (χ2v) is 10.1. The Morgan fingerprint density at radius 1 is 1.15 bits per heavy atom. The van der Waals surface area contributed by atoms with Crippen LogP contribution in [0, 0.1) is 0 Å². The first-order valence-electron chi connectivity index (χ1n) is 10.9. The number of hydrogen-bond donors (Lipinski definition) is 1. The van der Waals surface area contributed by atoms with Crippen LogP contribution in [0.15, 0.2) is 66.1 Å². The number of nitrogens with zero attached hydrogens (tertiary/aromatic N) is 2. The van der Waals surface area contributed by atoms with E-state index in [1.54, 1.807) is 35.2 Å². The zero-order valence-corrected chi connectivity index (χ0v) is 19.9. The Morgan fingerprint density at radius 2 is 1.91 bits per heavy atom. The molecule has 2 aromatic rings. The van der Waals surface area contributed by atoms with E-state index in [2.05, 4.69) is 11.9 Å². The number of halogens is 1. The third kappa shape index (κ3) is 6.36. The quantitative estimate of drug-likeness (QED) is 0.542. The van der Waals surface area contributed by atoms with Crippen molar-refractivity contribution < 1.29 is 18.0 Å². The lowest BCUT2D eigenvalue weighted by Gasteiger charge is -2.23. The molecule has 1 heterocycles. The fourth-order valence-electron chi connectivity index (χ4n) is 3.67. The van der Waals surface area contributed by atoms with E-state index in [0.717, 1.165) is 19.3 Å². The SMILES string of the molecule is C=CCN(c1ccc(Cl)cc1)S(=O)(=O)c1cccc(C(=O)NCCN2CCCCCC2=O)c1. The van der Waals surface area contributed by atoms with Crippen LogP contribution in [-0.4, -0.2) is 51.3 Å². The number of likely N-dealkylation sites (tertiary alicyclic amines) is 1. The molecule has 0 bridgehead atoms. The molecule has 7 nitrogen and oxygen atoms in total. The molecule has 176 valence electrons. The first-order chi connectivity index (χ1) is 15.8. The van der Waals surface area contributed by atoms with Gasteiger partial charge in [0, 0.05) is 36.6 Å². The van der Waals surface area contributed by atoms with Gasteiger partial charge in [-0.15, -0.1) is 6.58 Å². The summed E-state index contributed by atoms with van der Waals surface area (Å²) in [7, 11) is -3.95. The Labute approximate surface area is 200 Å². The highest BCUT2D eigenvalue weighted by Crippen LogP contribution is 2.25. The van der Waals surface area contributed by atoms with Gasteiger partial charge >= 0.3 is 0 Å². The van der Waals surface area contributed by atoms with Gasteiger partial charge in [0.1, 0.15) is 0 Å². The molecule has 0 aliphatic carbocycles. The second-order valence-electron chi connectivity index (χ2n) is 7.78. The minimum absolute atomic E-state index is 0.00496. The van der Waals surface area contributed by atoms with Gasteiger partial charge in [0.15, 0.2) is 0 Å². The van der Waals surface area contributed by atoms with Crippen molar-refractivity contribution in [3.8, 4) is 0 Å². The van der Waals surface area contributed by atoms with Crippen molar-refractivity contribution in [2.24, 2.45) is 0 Å². The van der Waals surface area contributed by atoms with E-state index in [1.807, 2.05) is 0 Å². The molecule has 1 aliphatic heterocycles. The topological polar surface area (TPSA) is 86.8 Å². The van der Waals surface area contributed by atoms with Crippen molar-refractivity contribution in [3.63, 3.8) is 0 Å². The highest BCUT2D eigenvalue weighted by molar-refractivity contribution is 7.92. The van der Waals surface area contributed by atoms with Crippen LogP contribution in [0.5, 0.6) is 0 Å². The summed E-state index contributed by atoms with van der Waals surface area (Å²) in [5, 5.41) is 3.28. The molecule has 33 heavy (non-hydrogen) atoms. The molecule has 0 aromatic heterocycles. The van der Waals surface area contributed by atoms with Crippen LogP contribution in [0.25, 0.3) is 0 Å². The minimum atomic E-state index is -3.95. The fraction of sp³-hybridized carbons (Fsp3) is 0.333. The summed E-state index contributed by atoms with van der Waals surface area (Å²) in [5.74, 6) is -0.282. The minimum Gasteiger partial charge on any atom is -0.350 e. The van der Waals surface area contributed by atoms with E-state index in [4.69, 9.17) is 11.6 Å². The van der Waals surface area contributed by atoms with Crippen molar-refractivity contribution in [1.29, 1.82) is 0 Å². The summed E-state index contributed by atoms with van der Waals surface area (Å²) in [6.45, 7) is 5.15. The summed E-state index contributed by atoms with van der Waals surface area (Å²) in [6, 6.07) is 12.4. The number of anilines is 1. The van der Waals surface area contributed by atoms with Gasteiger partial charge in [-0.1, -0.05) is 30.2 Å². The molecule has 1 fully saturated rings. The lowest BCUT2D eigenvalue weighted by Crippen LogP contribution is -2.38. The Balaban J connectivity index is 1.72. The number of carbonyl (C=O) groups excluding carboxylic acids is 2. The normalized spacial score (nSPS) is 14.5. The van der Waals surface area contributed by atoms with Gasteiger partial charge < -0.3 is 10.2 Å². The number of nitrogens with one attached hydrogen (secondary N) is 1. The van der Waals surface area contributed by atoms with Crippen LogP contribution >= 0.6 is 11.6 Å². The van der Waals surface area contributed by atoms with E-state index in [9.17, 15) is 18.0 Å². The summed E-state index contributed by atoms with van der Waals surface area (Å²) < 4.78 is 27.9. The fourth-order valence-corrected chi connectivity index (χ4v) is 5.28. The third-order valence-electron chi connectivity index (χ3n) is 5.43. The van der Waals surface area contributed by atoms with Crippen molar-refractivity contribution in [2.45, 2.75) is 30.6 Å².